The van der Waals surface area contributed by atoms with E-state index in [9.17, 15) is 4.79 Å². The maximum absolute atomic E-state index is 11.9. The first-order valence-corrected chi connectivity index (χ1v) is 5.99. The van der Waals surface area contributed by atoms with Gasteiger partial charge in [0.25, 0.3) is 0 Å². The maximum Gasteiger partial charge on any atom is 0.347 e. The van der Waals surface area contributed by atoms with Crippen molar-refractivity contribution >= 4 is 0 Å². The van der Waals surface area contributed by atoms with Gasteiger partial charge in [-0.3, -0.25) is 0 Å². The minimum atomic E-state index is -0.231. The molecule has 0 aliphatic heterocycles. The molecule has 6 nitrogen and oxygen atoms in total. The van der Waals surface area contributed by atoms with Gasteiger partial charge in [-0.25, -0.2) is 14.5 Å². The van der Waals surface area contributed by atoms with Gasteiger partial charge in [0, 0.05) is 0 Å². The number of nitrogens with one attached hydrogen (secondary N) is 1. The number of benzene rings is 1. The SMILES string of the molecule is COc1ccc(-n2c(CN(C)C)n[nH]c2=O)c(C)c1. The third-order valence-electron chi connectivity index (χ3n) is 2.84. The molecule has 6 heteroatoms. The Morgan fingerprint density at radius 3 is 2.74 bits per heavy atom. The zero-order valence-electron chi connectivity index (χ0n) is 11.6. The van der Waals surface area contributed by atoms with Crippen molar-refractivity contribution in [3.63, 3.8) is 0 Å². The number of nitrogens with zero attached hydrogens (tertiary/aromatic N) is 3. The molecule has 102 valence electrons. The van der Waals surface area contributed by atoms with E-state index < -0.39 is 0 Å². The van der Waals surface area contributed by atoms with E-state index in [2.05, 4.69) is 10.2 Å². The average molecular weight is 262 g/mol. The zero-order chi connectivity index (χ0) is 14.0. The van der Waals surface area contributed by atoms with Gasteiger partial charge in [0.05, 0.1) is 19.3 Å². The number of aryl methyl sites for hydroxylation is 1. The summed E-state index contributed by atoms with van der Waals surface area (Å²) in [6.07, 6.45) is 0. The lowest BCUT2D eigenvalue weighted by molar-refractivity contribution is 0.386. The van der Waals surface area contributed by atoms with Crippen LogP contribution in [0.3, 0.4) is 0 Å². The van der Waals surface area contributed by atoms with Gasteiger partial charge in [0.1, 0.15) is 5.75 Å². The topological polar surface area (TPSA) is 63.1 Å². The van der Waals surface area contributed by atoms with Crippen LogP contribution in [0.2, 0.25) is 0 Å². The van der Waals surface area contributed by atoms with E-state index in [4.69, 9.17) is 4.74 Å². The van der Waals surface area contributed by atoms with Crippen molar-refractivity contribution in [2.45, 2.75) is 13.5 Å². The van der Waals surface area contributed by atoms with E-state index in [1.165, 1.54) is 0 Å². The van der Waals surface area contributed by atoms with Gasteiger partial charge < -0.3 is 9.64 Å². The summed E-state index contributed by atoms with van der Waals surface area (Å²) in [7, 11) is 5.49. The fraction of sp³-hybridized carbons (Fsp3) is 0.385. The van der Waals surface area contributed by atoms with Crippen molar-refractivity contribution < 1.29 is 4.74 Å². The van der Waals surface area contributed by atoms with Gasteiger partial charge in [-0.15, -0.1) is 0 Å². The molecule has 0 saturated heterocycles. The molecule has 0 aliphatic carbocycles. The third kappa shape index (κ3) is 2.68. The largest absolute Gasteiger partial charge is 0.497 e. The van der Waals surface area contributed by atoms with Gasteiger partial charge in [0.2, 0.25) is 0 Å². The van der Waals surface area contributed by atoms with Crippen LogP contribution in [0.25, 0.3) is 5.69 Å². The molecule has 0 fully saturated rings. The van der Waals surface area contributed by atoms with Gasteiger partial charge in [0.15, 0.2) is 5.82 Å². The molecule has 1 N–H and O–H groups in total. The third-order valence-corrected chi connectivity index (χ3v) is 2.84. The molecule has 0 atom stereocenters. The fourth-order valence-electron chi connectivity index (χ4n) is 1.97. The van der Waals surface area contributed by atoms with Crippen molar-refractivity contribution in [3.05, 3.63) is 40.1 Å². The van der Waals surface area contributed by atoms with Crippen LogP contribution in [-0.4, -0.2) is 40.9 Å². The van der Waals surface area contributed by atoms with E-state index in [1.807, 2.05) is 44.1 Å². The maximum atomic E-state index is 11.9. The summed E-state index contributed by atoms with van der Waals surface area (Å²) in [5.74, 6) is 1.45. The summed E-state index contributed by atoms with van der Waals surface area (Å²) in [6, 6.07) is 5.60. The molecule has 0 unspecified atom stereocenters. The Hall–Kier alpha value is -2.08. The Balaban J connectivity index is 2.52. The lowest BCUT2D eigenvalue weighted by atomic mass is 10.2. The smallest absolute Gasteiger partial charge is 0.347 e. The number of aromatic amines is 1. The molecule has 1 aromatic heterocycles. The van der Waals surface area contributed by atoms with Crippen LogP contribution in [-0.2, 0) is 6.54 Å². The van der Waals surface area contributed by atoms with E-state index in [-0.39, 0.29) is 5.69 Å². The Morgan fingerprint density at radius 1 is 1.42 bits per heavy atom. The van der Waals surface area contributed by atoms with Gasteiger partial charge >= 0.3 is 5.69 Å². The molecule has 0 radical (unpaired) electrons. The van der Waals surface area contributed by atoms with Gasteiger partial charge in [-0.05, 0) is 44.8 Å². The molecular formula is C13H18N4O2. The number of aromatic nitrogens is 3. The lowest BCUT2D eigenvalue weighted by Gasteiger charge is -2.12. The van der Waals surface area contributed by atoms with Crippen LogP contribution in [0, 0.1) is 6.92 Å². The molecule has 0 spiro atoms. The molecule has 0 amide bonds. The summed E-state index contributed by atoms with van der Waals surface area (Å²) in [5.41, 5.74) is 1.55. The Labute approximate surface area is 111 Å². The van der Waals surface area contributed by atoms with E-state index in [0.29, 0.717) is 12.4 Å². The minimum Gasteiger partial charge on any atom is -0.497 e. The number of H-pyrrole nitrogens is 1. The highest BCUT2D eigenvalue weighted by Crippen LogP contribution is 2.20. The number of hydrogen-bond acceptors (Lipinski definition) is 4. The summed E-state index contributed by atoms with van der Waals surface area (Å²) < 4.78 is 6.77. The van der Waals surface area contributed by atoms with Crippen LogP contribution >= 0.6 is 0 Å². The first-order chi connectivity index (χ1) is 9.02. The highest BCUT2D eigenvalue weighted by atomic mass is 16.5. The Morgan fingerprint density at radius 2 is 2.16 bits per heavy atom. The normalized spacial score (nSPS) is 11.0. The molecule has 0 aliphatic rings. The second-order valence-corrected chi connectivity index (χ2v) is 4.67. The van der Waals surface area contributed by atoms with Crippen molar-refractivity contribution in [3.8, 4) is 11.4 Å². The highest BCUT2D eigenvalue weighted by Gasteiger charge is 2.13. The van der Waals surface area contributed by atoms with Crippen LogP contribution in [0.15, 0.2) is 23.0 Å². The Bertz CT molecular complexity index is 628. The number of ether oxygens (including phenoxy) is 1. The number of methoxy groups -OCH3 is 1. The quantitative estimate of drug-likeness (QED) is 0.890. The van der Waals surface area contributed by atoms with Gasteiger partial charge in [-0.2, -0.15) is 5.10 Å². The second-order valence-electron chi connectivity index (χ2n) is 4.67. The van der Waals surface area contributed by atoms with Crippen molar-refractivity contribution in [2.75, 3.05) is 21.2 Å². The standard InChI is InChI=1S/C13H18N4O2/c1-9-7-10(19-4)5-6-11(9)17-12(8-16(2)3)14-15-13(17)18/h5-7H,8H2,1-4H3,(H,15,18). The molecule has 19 heavy (non-hydrogen) atoms. The first-order valence-electron chi connectivity index (χ1n) is 5.99. The van der Waals surface area contributed by atoms with E-state index in [0.717, 1.165) is 17.0 Å². The molecule has 0 saturated carbocycles. The predicted octanol–water partition coefficient (Wildman–Crippen LogP) is 0.939. The Kier molecular flexibility index (Phi) is 3.71. The molecular weight excluding hydrogens is 244 g/mol. The minimum absolute atomic E-state index is 0.231. The van der Waals surface area contributed by atoms with Crippen molar-refractivity contribution in [2.24, 2.45) is 0 Å². The number of hydrogen-bond donors (Lipinski definition) is 1. The lowest BCUT2D eigenvalue weighted by Crippen LogP contribution is -2.21. The van der Waals surface area contributed by atoms with E-state index in [1.54, 1.807) is 11.7 Å². The fourth-order valence-corrected chi connectivity index (χ4v) is 1.97. The summed E-state index contributed by atoms with van der Waals surface area (Å²) >= 11 is 0. The van der Waals surface area contributed by atoms with Crippen molar-refractivity contribution in [1.29, 1.82) is 0 Å². The van der Waals surface area contributed by atoms with Crippen LogP contribution in [0.1, 0.15) is 11.4 Å². The van der Waals surface area contributed by atoms with Crippen LogP contribution < -0.4 is 10.4 Å². The second kappa shape index (κ2) is 5.27. The average Bonchev–Trinajstić information content (AvgIpc) is 2.70. The summed E-state index contributed by atoms with van der Waals surface area (Å²) in [4.78, 5) is 13.9. The van der Waals surface area contributed by atoms with E-state index >= 15 is 0 Å². The number of rotatable bonds is 4. The predicted molar refractivity (Wildman–Crippen MR) is 72.9 cm³/mol. The van der Waals surface area contributed by atoms with Gasteiger partial charge in [-0.1, -0.05) is 0 Å². The van der Waals surface area contributed by atoms with Crippen LogP contribution in [0.4, 0.5) is 0 Å². The summed E-state index contributed by atoms with van der Waals surface area (Å²) in [5, 5.41) is 6.56. The molecule has 0 bridgehead atoms. The monoisotopic (exact) mass is 262 g/mol. The molecule has 2 rings (SSSR count). The molecule has 1 aromatic carbocycles. The molecule has 2 aromatic rings. The van der Waals surface area contributed by atoms with Crippen molar-refractivity contribution in [1.82, 2.24) is 19.7 Å². The highest BCUT2D eigenvalue weighted by molar-refractivity contribution is 5.45. The first kappa shape index (κ1) is 13.4. The zero-order valence-corrected chi connectivity index (χ0v) is 11.6. The molecule has 1 heterocycles. The summed E-state index contributed by atoms with van der Waals surface area (Å²) in [6.45, 7) is 2.53. The van der Waals surface area contributed by atoms with Crippen LogP contribution in [0.5, 0.6) is 5.75 Å².